The van der Waals surface area contributed by atoms with Crippen LogP contribution in [0.25, 0.3) is 0 Å². The first-order valence-electron chi connectivity index (χ1n) is 10.5. The van der Waals surface area contributed by atoms with Crippen molar-refractivity contribution in [3.63, 3.8) is 0 Å². The number of benzene rings is 4. The normalized spacial score (nSPS) is 13.1. The third kappa shape index (κ3) is 4.14. The molecule has 0 amide bonds. The molecule has 0 fully saturated rings. The van der Waals surface area contributed by atoms with Gasteiger partial charge in [0.2, 0.25) is 0 Å². The SMILES string of the molecule is CCOc1ccc(C=Nc2ccc(C3c4ccccc4Sc4ccccc43)cc2)cc1. The Balaban J connectivity index is 1.42. The van der Waals surface area contributed by atoms with Crippen molar-refractivity contribution in [1.29, 1.82) is 0 Å². The van der Waals surface area contributed by atoms with Crippen LogP contribution < -0.4 is 4.74 Å². The van der Waals surface area contributed by atoms with E-state index in [0.29, 0.717) is 6.61 Å². The van der Waals surface area contributed by atoms with Gasteiger partial charge in [-0.2, -0.15) is 0 Å². The summed E-state index contributed by atoms with van der Waals surface area (Å²) in [6.45, 7) is 2.66. The van der Waals surface area contributed by atoms with Crippen LogP contribution in [-0.2, 0) is 0 Å². The standard InChI is InChI=1S/C28H23NOS/c1-2-30-23-17-11-20(12-18-23)19-29-22-15-13-21(14-16-22)28-24-7-3-5-9-26(24)31-27-10-6-4-8-25(27)28/h3-19,28H,2H2,1H3. The Morgan fingerprint density at radius 3 is 2.00 bits per heavy atom. The van der Waals surface area contributed by atoms with Crippen LogP contribution in [0.2, 0.25) is 0 Å². The van der Waals surface area contributed by atoms with Crippen molar-refractivity contribution in [2.45, 2.75) is 22.6 Å². The largest absolute Gasteiger partial charge is 0.494 e. The second kappa shape index (κ2) is 8.83. The van der Waals surface area contributed by atoms with Crippen molar-refractivity contribution in [1.82, 2.24) is 0 Å². The molecule has 0 spiro atoms. The molecule has 4 aromatic rings. The maximum atomic E-state index is 5.50. The van der Waals surface area contributed by atoms with E-state index < -0.39 is 0 Å². The lowest BCUT2D eigenvalue weighted by atomic mass is 9.84. The molecule has 0 saturated carbocycles. The molecule has 0 radical (unpaired) electrons. The van der Waals surface area contributed by atoms with Crippen molar-refractivity contribution in [2.24, 2.45) is 4.99 Å². The van der Waals surface area contributed by atoms with E-state index in [1.165, 1.54) is 26.5 Å². The molecule has 2 nitrogen and oxygen atoms in total. The first-order chi connectivity index (χ1) is 15.3. The van der Waals surface area contributed by atoms with Crippen LogP contribution in [0.1, 0.15) is 35.1 Å². The Morgan fingerprint density at radius 2 is 1.39 bits per heavy atom. The maximum absolute atomic E-state index is 5.50. The highest BCUT2D eigenvalue weighted by molar-refractivity contribution is 7.99. The van der Waals surface area contributed by atoms with Crippen molar-refractivity contribution < 1.29 is 4.74 Å². The summed E-state index contributed by atoms with van der Waals surface area (Å²) in [5.41, 5.74) is 6.04. The number of ether oxygens (including phenoxy) is 1. The van der Waals surface area contributed by atoms with Gasteiger partial charge in [0.1, 0.15) is 5.75 Å². The van der Waals surface area contributed by atoms with Crippen LogP contribution in [0.3, 0.4) is 0 Å². The zero-order chi connectivity index (χ0) is 21.0. The minimum atomic E-state index is 0.248. The molecule has 0 unspecified atom stereocenters. The fourth-order valence-corrected chi connectivity index (χ4v) is 5.13. The van der Waals surface area contributed by atoms with Crippen LogP contribution in [-0.4, -0.2) is 12.8 Å². The minimum Gasteiger partial charge on any atom is -0.494 e. The van der Waals surface area contributed by atoms with Gasteiger partial charge in [0, 0.05) is 21.9 Å². The van der Waals surface area contributed by atoms with Crippen LogP contribution in [0.15, 0.2) is 112 Å². The van der Waals surface area contributed by atoms with Crippen molar-refractivity contribution in [3.05, 3.63) is 119 Å². The summed E-state index contributed by atoms with van der Waals surface area (Å²) in [5, 5.41) is 0. The van der Waals surface area contributed by atoms with Gasteiger partial charge in [-0.3, -0.25) is 4.99 Å². The zero-order valence-corrected chi connectivity index (χ0v) is 18.2. The van der Waals surface area contributed by atoms with Crippen LogP contribution >= 0.6 is 11.8 Å². The molecule has 3 heteroatoms. The van der Waals surface area contributed by atoms with Gasteiger partial charge in [0.15, 0.2) is 0 Å². The monoisotopic (exact) mass is 421 g/mol. The molecule has 1 aliphatic heterocycles. The molecule has 0 bridgehead atoms. The number of fused-ring (bicyclic) bond motifs is 2. The molecule has 0 atom stereocenters. The molecule has 0 aliphatic carbocycles. The summed E-state index contributed by atoms with van der Waals surface area (Å²) in [7, 11) is 0. The number of hydrogen-bond acceptors (Lipinski definition) is 3. The first kappa shape index (κ1) is 19.7. The van der Waals surface area contributed by atoms with Gasteiger partial charge >= 0.3 is 0 Å². The second-order valence-electron chi connectivity index (χ2n) is 7.46. The quantitative estimate of drug-likeness (QED) is 0.274. The van der Waals surface area contributed by atoms with Crippen molar-refractivity contribution in [3.8, 4) is 5.75 Å². The van der Waals surface area contributed by atoms with Gasteiger partial charge in [-0.15, -0.1) is 0 Å². The highest BCUT2D eigenvalue weighted by atomic mass is 32.2. The number of aliphatic imine (C=N–C) groups is 1. The van der Waals surface area contributed by atoms with Crippen molar-refractivity contribution in [2.75, 3.05) is 6.61 Å². The van der Waals surface area contributed by atoms with Crippen molar-refractivity contribution >= 4 is 23.7 Å². The van der Waals surface area contributed by atoms with Crippen LogP contribution in [0, 0.1) is 0 Å². The summed E-state index contributed by atoms with van der Waals surface area (Å²) >= 11 is 1.86. The smallest absolute Gasteiger partial charge is 0.119 e. The van der Waals surface area contributed by atoms with E-state index in [0.717, 1.165) is 17.0 Å². The fourth-order valence-electron chi connectivity index (χ4n) is 3.99. The molecule has 4 aromatic carbocycles. The molecule has 152 valence electrons. The summed E-state index contributed by atoms with van der Waals surface area (Å²) in [6.07, 6.45) is 1.90. The van der Waals surface area contributed by atoms with E-state index in [1.54, 1.807) is 0 Å². The first-order valence-corrected chi connectivity index (χ1v) is 11.4. The Kier molecular flexibility index (Phi) is 5.59. The molecule has 1 heterocycles. The van der Waals surface area contributed by atoms with E-state index >= 15 is 0 Å². The Morgan fingerprint density at radius 1 is 0.774 bits per heavy atom. The lowest BCUT2D eigenvalue weighted by Gasteiger charge is -2.28. The van der Waals surface area contributed by atoms with E-state index in [-0.39, 0.29) is 5.92 Å². The van der Waals surface area contributed by atoms with Gasteiger partial charge in [0.05, 0.1) is 12.3 Å². The predicted octanol–water partition coefficient (Wildman–Crippen LogP) is 7.48. The summed E-state index contributed by atoms with van der Waals surface area (Å²) in [6, 6.07) is 34.1. The highest BCUT2D eigenvalue weighted by Crippen LogP contribution is 2.48. The number of nitrogens with zero attached hydrogens (tertiary/aromatic N) is 1. The van der Waals surface area contributed by atoms with Crippen LogP contribution in [0.4, 0.5) is 5.69 Å². The average Bonchev–Trinajstić information content (AvgIpc) is 2.83. The van der Waals surface area contributed by atoms with Gasteiger partial charge in [-0.25, -0.2) is 0 Å². The molecule has 1 aliphatic rings. The van der Waals surface area contributed by atoms with E-state index in [9.17, 15) is 0 Å². The molecule has 0 N–H and O–H groups in total. The third-order valence-electron chi connectivity index (χ3n) is 5.46. The molecule has 0 saturated heterocycles. The van der Waals surface area contributed by atoms with E-state index in [1.807, 2.05) is 49.2 Å². The summed E-state index contributed by atoms with van der Waals surface area (Å²) < 4.78 is 5.50. The van der Waals surface area contributed by atoms with Gasteiger partial charge in [-0.1, -0.05) is 60.3 Å². The second-order valence-corrected chi connectivity index (χ2v) is 8.55. The average molecular weight is 422 g/mol. The van der Waals surface area contributed by atoms with E-state index in [2.05, 4.69) is 77.8 Å². The summed E-state index contributed by atoms with van der Waals surface area (Å²) in [4.78, 5) is 7.33. The molecular formula is C28H23NOS. The Bertz CT molecular complexity index is 1170. The highest BCUT2D eigenvalue weighted by Gasteiger charge is 2.26. The van der Waals surface area contributed by atoms with Gasteiger partial charge < -0.3 is 4.74 Å². The topological polar surface area (TPSA) is 21.6 Å². The molecule has 31 heavy (non-hydrogen) atoms. The maximum Gasteiger partial charge on any atom is 0.119 e. The van der Waals surface area contributed by atoms with Gasteiger partial charge in [-0.05, 0) is 77.7 Å². The number of rotatable bonds is 5. The third-order valence-corrected chi connectivity index (χ3v) is 6.64. The van der Waals surface area contributed by atoms with Gasteiger partial charge in [0.25, 0.3) is 0 Å². The Hall–Kier alpha value is -3.30. The number of hydrogen-bond donors (Lipinski definition) is 0. The molecule has 0 aromatic heterocycles. The zero-order valence-electron chi connectivity index (χ0n) is 17.4. The summed E-state index contributed by atoms with van der Waals surface area (Å²) in [5.74, 6) is 1.13. The Labute approximate surface area is 187 Å². The fraction of sp³-hybridized carbons (Fsp3) is 0.107. The molecular weight excluding hydrogens is 398 g/mol. The lowest BCUT2D eigenvalue weighted by molar-refractivity contribution is 0.340. The predicted molar refractivity (Wildman–Crippen MR) is 129 cm³/mol. The molecule has 5 rings (SSSR count). The lowest BCUT2D eigenvalue weighted by Crippen LogP contribution is -2.09. The van der Waals surface area contributed by atoms with Crippen LogP contribution in [0.5, 0.6) is 5.75 Å². The minimum absolute atomic E-state index is 0.248. The van der Waals surface area contributed by atoms with E-state index in [4.69, 9.17) is 4.74 Å².